The number of allylic oxidation sites excluding steroid dienone is 1. The molecule has 0 spiro atoms. The van der Waals surface area contributed by atoms with Gasteiger partial charge in [0.15, 0.2) is 5.76 Å². The molecule has 0 saturated carbocycles. The number of hydrogen-bond donors (Lipinski definition) is 3. The number of phenols is 1. The Bertz CT molecular complexity index is 1250. The number of phenolic OH excluding ortho intramolecular Hbond substituents is 1. The van der Waals surface area contributed by atoms with Gasteiger partial charge in [-0.15, -0.1) is 0 Å². The second-order valence-corrected chi connectivity index (χ2v) is 8.90. The summed E-state index contributed by atoms with van der Waals surface area (Å²) in [7, 11) is 0. The van der Waals surface area contributed by atoms with Crippen molar-refractivity contribution in [1.29, 1.82) is 0 Å². The van der Waals surface area contributed by atoms with E-state index < -0.39 is 12.2 Å². The Morgan fingerprint density at radius 3 is 2.66 bits per heavy atom. The van der Waals surface area contributed by atoms with E-state index in [0.717, 1.165) is 6.42 Å². The molecule has 6 nitrogen and oxygen atoms in total. The molecule has 35 heavy (non-hydrogen) atoms. The molecule has 0 saturated heterocycles. The van der Waals surface area contributed by atoms with Crippen LogP contribution in [0.2, 0.25) is 0 Å². The summed E-state index contributed by atoms with van der Waals surface area (Å²) in [5.41, 5.74) is 6.56. The zero-order chi connectivity index (χ0) is 24.2. The molecule has 3 N–H and O–H groups in total. The van der Waals surface area contributed by atoms with Crippen LogP contribution in [0.25, 0.3) is 11.1 Å². The van der Waals surface area contributed by atoms with E-state index in [0.29, 0.717) is 31.6 Å². The highest BCUT2D eigenvalue weighted by Gasteiger charge is 2.32. The van der Waals surface area contributed by atoms with E-state index in [1.807, 2.05) is 6.08 Å². The molecule has 0 fully saturated rings. The number of aromatic hydroxyl groups is 1. The summed E-state index contributed by atoms with van der Waals surface area (Å²) >= 11 is 0. The van der Waals surface area contributed by atoms with Crippen LogP contribution in [0.4, 0.5) is 5.69 Å². The van der Waals surface area contributed by atoms with Crippen LogP contribution >= 0.6 is 0 Å². The maximum atomic E-state index is 13.1. The van der Waals surface area contributed by atoms with Crippen LogP contribution in [0.1, 0.15) is 41.9 Å². The number of nitrogens with one attached hydrogen (secondary N) is 1. The van der Waals surface area contributed by atoms with Crippen LogP contribution in [0.15, 0.2) is 78.6 Å². The Morgan fingerprint density at radius 1 is 1.00 bits per heavy atom. The summed E-state index contributed by atoms with van der Waals surface area (Å²) in [5.74, 6) is -0.342. The Kier molecular flexibility index (Phi) is 6.84. The minimum Gasteiger partial charge on any atom is -0.506 e. The van der Waals surface area contributed by atoms with Gasteiger partial charge in [-0.25, -0.2) is 0 Å². The van der Waals surface area contributed by atoms with Crippen molar-refractivity contribution in [2.45, 2.75) is 37.9 Å². The zero-order valence-corrected chi connectivity index (χ0v) is 19.4. The lowest BCUT2D eigenvalue weighted by Gasteiger charge is -2.30. The number of fused-ring (bicyclic) bond motifs is 3. The van der Waals surface area contributed by atoms with Gasteiger partial charge in [-0.05, 0) is 65.3 Å². The first-order chi connectivity index (χ1) is 17.1. The number of carbonyl (C=O) groups excluding carboxylic acids is 1. The third-order valence-corrected chi connectivity index (χ3v) is 6.58. The van der Waals surface area contributed by atoms with Gasteiger partial charge < -0.3 is 25.0 Å². The van der Waals surface area contributed by atoms with Crippen molar-refractivity contribution < 1.29 is 24.5 Å². The maximum absolute atomic E-state index is 13.1. The lowest BCUT2D eigenvalue weighted by molar-refractivity contribution is -0.143. The standard InChI is InChI=1S/C29H29NO5/c31-14-5-6-15-34-28-18-20(17-27(35-28)29(33)30-25-12-3-4-13-26(25)32)22-10-7-11-23-21-9-2-1-8-19(21)16-24(22)23/h1-4,7-13,17,20,28,31-32H,5-6,14-16,18H2,(H,30,33)/t20-,28+/m1/s1. The number of rotatable bonds is 8. The predicted molar refractivity (Wildman–Crippen MR) is 134 cm³/mol. The number of benzene rings is 3. The molecule has 2 atom stereocenters. The molecule has 5 rings (SSSR count). The number of hydrogen-bond acceptors (Lipinski definition) is 5. The summed E-state index contributed by atoms with van der Waals surface area (Å²) in [5, 5.41) is 21.9. The summed E-state index contributed by atoms with van der Waals surface area (Å²) < 4.78 is 11.9. The molecule has 3 aromatic carbocycles. The van der Waals surface area contributed by atoms with Gasteiger partial charge in [0.25, 0.3) is 5.91 Å². The van der Waals surface area contributed by atoms with E-state index >= 15 is 0 Å². The first-order valence-corrected chi connectivity index (χ1v) is 12.0. The second kappa shape index (κ2) is 10.3. The van der Waals surface area contributed by atoms with Crippen LogP contribution in [0.3, 0.4) is 0 Å². The van der Waals surface area contributed by atoms with Gasteiger partial charge in [0.05, 0.1) is 12.3 Å². The number of ether oxygens (including phenoxy) is 2. The van der Waals surface area contributed by atoms with Crippen molar-refractivity contribution in [2.75, 3.05) is 18.5 Å². The van der Waals surface area contributed by atoms with Crippen molar-refractivity contribution in [2.24, 2.45) is 0 Å². The molecule has 1 amide bonds. The molecule has 180 valence electrons. The van der Waals surface area contributed by atoms with Gasteiger partial charge in [0, 0.05) is 18.9 Å². The Balaban J connectivity index is 1.44. The lowest BCUT2D eigenvalue weighted by Crippen LogP contribution is -2.30. The minimum atomic E-state index is -0.589. The van der Waals surface area contributed by atoms with Crippen LogP contribution in [-0.2, 0) is 20.7 Å². The normalized spacial score (nSPS) is 18.3. The van der Waals surface area contributed by atoms with Crippen LogP contribution in [-0.4, -0.2) is 35.6 Å². The van der Waals surface area contributed by atoms with Gasteiger partial charge in [0.1, 0.15) is 5.75 Å². The summed E-state index contributed by atoms with van der Waals surface area (Å²) in [6, 6.07) is 21.4. The summed E-state index contributed by atoms with van der Waals surface area (Å²) in [6.07, 6.45) is 4.07. The SMILES string of the molecule is O=C(Nc1ccccc1O)C1=C[C@@H](c2cccc3c2Cc2ccccc2-3)C[C@@H](OCCCCO)O1. The smallest absolute Gasteiger partial charge is 0.290 e. The first kappa shape index (κ1) is 23.1. The molecule has 0 unspecified atom stereocenters. The minimum absolute atomic E-state index is 0.00995. The molecule has 1 aliphatic heterocycles. The third-order valence-electron chi connectivity index (χ3n) is 6.58. The Morgan fingerprint density at radius 2 is 1.80 bits per heavy atom. The Labute approximate surface area is 204 Å². The van der Waals surface area contributed by atoms with E-state index in [4.69, 9.17) is 14.6 Å². The van der Waals surface area contributed by atoms with Gasteiger partial charge in [0.2, 0.25) is 6.29 Å². The van der Waals surface area contributed by atoms with Crippen molar-refractivity contribution >= 4 is 11.6 Å². The molecule has 0 radical (unpaired) electrons. The van der Waals surface area contributed by atoms with Crippen molar-refractivity contribution in [3.05, 3.63) is 95.3 Å². The lowest BCUT2D eigenvalue weighted by atomic mass is 9.87. The number of aliphatic hydroxyl groups excluding tert-OH is 1. The van der Waals surface area contributed by atoms with E-state index in [-0.39, 0.29) is 24.0 Å². The molecule has 1 heterocycles. The maximum Gasteiger partial charge on any atom is 0.290 e. The first-order valence-electron chi connectivity index (χ1n) is 12.0. The fourth-order valence-electron chi connectivity index (χ4n) is 4.86. The van der Waals surface area contributed by atoms with E-state index in [1.165, 1.54) is 33.9 Å². The number of aliphatic hydroxyl groups is 1. The highest BCUT2D eigenvalue weighted by molar-refractivity contribution is 6.03. The van der Waals surface area contributed by atoms with Gasteiger partial charge in [-0.1, -0.05) is 54.6 Å². The van der Waals surface area contributed by atoms with Crippen molar-refractivity contribution in [3.63, 3.8) is 0 Å². The fraction of sp³-hybridized carbons (Fsp3) is 0.276. The molecule has 0 bridgehead atoms. The largest absolute Gasteiger partial charge is 0.506 e. The molecule has 2 aliphatic rings. The number of carbonyl (C=O) groups is 1. The average molecular weight is 472 g/mol. The predicted octanol–water partition coefficient (Wildman–Crippen LogP) is 5.11. The summed E-state index contributed by atoms with van der Waals surface area (Å²) in [4.78, 5) is 13.1. The van der Waals surface area contributed by atoms with Gasteiger partial charge in [-0.3, -0.25) is 4.79 Å². The molecule has 1 aliphatic carbocycles. The average Bonchev–Trinajstić information content (AvgIpc) is 3.27. The van der Waals surface area contributed by atoms with E-state index in [9.17, 15) is 9.90 Å². The number of anilines is 1. The number of para-hydroxylation sites is 2. The fourth-order valence-corrected chi connectivity index (χ4v) is 4.86. The third kappa shape index (κ3) is 4.94. The molecule has 6 heteroatoms. The number of amides is 1. The van der Waals surface area contributed by atoms with Crippen molar-refractivity contribution in [3.8, 4) is 16.9 Å². The number of unbranched alkanes of at least 4 members (excludes halogenated alkanes) is 1. The van der Waals surface area contributed by atoms with Crippen molar-refractivity contribution in [1.82, 2.24) is 0 Å². The Hall–Kier alpha value is -3.61. The van der Waals surface area contributed by atoms with E-state index in [2.05, 4.69) is 47.8 Å². The molecular formula is C29H29NO5. The molecular weight excluding hydrogens is 442 g/mol. The monoisotopic (exact) mass is 471 g/mol. The van der Waals surface area contributed by atoms with Crippen LogP contribution < -0.4 is 5.32 Å². The van der Waals surface area contributed by atoms with Gasteiger partial charge in [-0.2, -0.15) is 0 Å². The van der Waals surface area contributed by atoms with Gasteiger partial charge >= 0.3 is 0 Å². The summed E-state index contributed by atoms with van der Waals surface area (Å²) in [6.45, 7) is 0.549. The highest BCUT2D eigenvalue weighted by atomic mass is 16.7. The van der Waals surface area contributed by atoms with E-state index in [1.54, 1.807) is 18.2 Å². The zero-order valence-electron chi connectivity index (χ0n) is 19.4. The topological polar surface area (TPSA) is 88.0 Å². The molecule has 3 aromatic rings. The van der Waals surface area contributed by atoms with Crippen LogP contribution in [0.5, 0.6) is 5.75 Å². The highest BCUT2D eigenvalue weighted by Crippen LogP contribution is 2.43. The molecule has 0 aromatic heterocycles. The quantitative estimate of drug-likeness (QED) is 0.246. The van der Waals surface area contributed by atoms with Crippen LogP contribution in [0, 0.1) is 0 Å². The second-order valence-electron chi connectivity index (χ2n) is 8.90.